The molecule has 2 nitrogen and oxygen atoms in total. The second kappa shape index (κ2) is 5.13. The van der Waals surface area contributed by atoms with E-state index in [1.54, 1.807) is 12.1 Å². The summed E-state index contributed by atoms with van der Waals surface area (Å²) >= 11 is 18.0. The Morgan fingerprint density at radius 3 is 2.59 bits per heavy atom. The molecule has 0 atom stereocenters. The topological polar surface area (TPSA) is 22.1 Å². The van der Waals surface area contributed by atoms with Crippen LogP contribution in [0.1, 0.15) is 0 Å². The van der Waals surface area contributed by atoms with E-state index in [-0.39, 0.29) is 0 Å². The summed E-state index contributed by atoms with van der Waals surface area (Å²) in [4.78, 5) is 4.09. The Morgan fingerprint density at radius 1 is 1.12 bits per heavy atom. The van der Waals surface area contributed by atoms with Crippen LogP contribution in [0.3, 0.4) is 0 Å². The fourth-order valence-electron chi connectivity index (χ4n) is 1.49. The molecule has 88 valence electrons. The van der Waals surface area contributed by atoms with Gasteiger partial charge in [-0.25, -0.2) is 4.98 Å². The van der Waals surface area contributed by atoms with Crippen LogP contribution < -0.4 is 4.74 Å². The molecule has 0 aliphatic rings. The minimum atomic E-state index is 0.455. The fraction of sp³-hybridized carbons (Fsp3) is 0.0833. The highest BCUT2D eigenvalue weighted by Gasteiger charge is 2.13. The standard InChI is InChI=1S/C12H8Cl3NO/c1-17-12-9(5-7(13)6-16-12)8-3-2-4-10(14)11(8)15/h2-6H,1H3. The third kappa shape index (κ3) is 2.49. The van der Waals surface area contributed by atoms with Gasteiger partial charge in [0.1, 0.15) is 0 Å². The van der Waals surface area contributed by atoms with E-state index in [4.69, 9.17) is 39.5 Å². The highest BCUT2D eigenvalue weighted by Crippen LogP contribution is 2.38. The van der Waals surface area contributed by atoms with E-state index in [2.05, 4.69) is 4.98 Å². The molecule has 1 heterocycles. The number of nitrogens with zero attached hydrogens (tertiary/aromatic N) is 1. The lowest BCUT2D eigenvalue weighted by molar-refractivity contribution is 0.399. The number of ether oxygens (including phenoxy) is 1. The van der Waals surface area contributed by atoms with Crippen LogP contribution in [0.25, 0.3) is 11.1 Å². The summed E-state index contributed by atoms with van der Waals surface area (Å²) in [5.74, 6) is 0.457. The fourth-order valence-corrected chi connectivity index (χ4v) is 2.05. The van der Waals surface area contributed by atoms with Crippen molar-refractivity contribution in [3.05, 3.63) is 45.5 Å². The zero-order chi connectivity index (χ0) is 12.4. The van der Waals surface area contributed by atoms with Gasteiger partial charge in [-0.3, -0.25) is 0 Å². The quantitative estimate of drug-likeness (QED) is 0.798. The highest BCUT2D eigenvalue weighted by molar-refractivity contribution is 6.43. The van der Waals surface area contributed by atoms with Crippen LogP contribution in [0.15, 0.2) is 30.5 Å². The highest BCUT2D eigenvalue weighted by atomic mass is 35.5. The van der Waals surface area contributed by atoms with E-state index in [1.807, 2.05) is 12.1 Å². The Kier molecular flexibility index (Phi) is 3.77. The van der Waals surface area contributed by atoms with Gasteiger partial charge in [0, 0.05) is 17.3 Å². The van der Waals surface area contributed by atoms with Crippen molar-refractivity contribution in [2.24, 2.45) is 0 Å². The number of hydrogen-bond donors (Lipinski definition) is 0. The molecule has 0 unspecified atom stereocenters. The molecule has 17 heavy (non-hydrogen) atoms. The average molecular weight is 289 g/mol. The van der Waals surface area contributed by atoms with Crippen LogP contribution in [-0.2, 0) is 0 Å². The van der Waals surface area contributed by atoms with Crippen molar-refractivity contribution in [3.8, 4) is 17.0 Å². The molecule has 0 bridgehead atoms. The van der Waals surface area contributed by atoms with E-state index in [0.717, 1.165) is 5.56 Å². The molecular formula is C12H8Cl3NO. The molecule has 0 fully saturated rings. The molecule has 0 saturated heterocycles. The lowest BCUT2D eigenvalue weighted by Gasteiger charge is -2.10. The van der Waals surface area contributed by atoms with Crippen LogP contribution in [0.5, 0.6) is 5.88 Å². The average Bonchev–Trinajstić information content (AvgIpc) is 2.33. The van der Waals surface area contributed by atoms with E-state index < -0.39 is 0 Å². The first-order valence-corrected chi connectivity index (χ1v) is 5.91. The molecule has 0 spiro atoms. The van der Waals surface area contributed by atoms with Gasteiger partial charge < -0.3 is 4.74 Å². The summed E-state index contributed by atoms with van der Waals surface area (Å²) in [5.41, 5.74) is 1.46. The van der Waals surface area contributed by atoms with Crippen LogP contribution in [0.4, 0.5) is 0 Å². The van der Waals surface area contributed by atoms with Crippen molar-refractivity contribution in [1.82, 2.24) is 4.98 Å². The van der Waals surface area contributed by atoms with Gasteiger partial charge in [-0.2, -0.15) is 0 Å². The maximum absolute atomic E-state index is 6.15. The molecule has 1 aromatic heterocycles. The van der Waals surface area contributed by atoms with Gasteiger partial charge in [0.25, 0.3) is 0 Å². The minimum absolute atomic E-state index is 0.455. The van der Waals surface area contributed by atoms with Gasteiger partial charge in [0.05, 0.1) is 22.2 Å². The number of benzene rings is 1. The monoisotopic (exact) mass is 287 g/mol. The molecule has 0 amide bonds. The first-order chi connectivity index (χ1) is 8.13. The van der Waals surface area contributed by atoms with E-state index >= 15 is 0 Å². The Bertz CT molecular complexity index is 557. The third-order valence-corrected chi connectivity index (χ3v) is 3.28. The second-order valence-corrected chi connectivity index (χ2v) is 4.53. The molecule has 0 radical (unpaired) electrons. The van der Waals surface area contributed by atoms with Gasteiger partial charge in [-0.15, -0.1) is 0 Å². The number of aromatic nitrogens is 1. The van der Waals surface area contributed by atoms with Crippen molar-refractivity contribution in [2.75, 3.05) is 7.11 Å². The lowest BCUT2D eigenvalue weighted by Crippen LogP contribution is -1.92. The number of pyridine rings is 1. The molecule has 0 saturated carbocycles. The Labute approximate surface area is 114 Å². The van der Waals surface area contributed by atoms with Crippen molar-refractivity contribution < 1.29 is 4.74 Å². The summed E-state index contributed by atoms with van der Waals surface area (Å²) < 4.78 is 5.18. The molecule has 0 aliphatic heterocycles. The predicted octanol–water partition coefficient (Wildman–Crippen LogP) is 4.72. The predicted molar refractivity (Wildman–Crippen MR) is 71.3 cm³/mol. The number of halogens is 3. The molecule has 2 aromatic rings. The molecule has 0 aliphatic carbocycles. The molecule has 0 N–H and O–H groups in total. The number of rotatable bonds is 2. The van der Waals surface area contributed by atoms with Gasteiger partial charge in [0.15, 0.2) is 0 Å². The van der Waals surface area contributed by atoms with Crippen LogP contribution >= 0.6 is 34.8 Å². The normalized spacial score (nSPS) is 10.4. The molecule has 5 heteroatoms. The van der Waals surface area contributed by atoms with Gasteiger partial charge >= 0.3 is 0 Å². The number of hydrogen-bond acceptors (Lipinski definition) is 2. The Balaban J connectivity index is 2.67. The van der Waals surface area contributed by atoms with E-state index in [1.165, 1.54) is 13.3 Å². The summed E-state index contributed by atoms with van der Waals surface area (Å²) in [6.45, 7) is 0. The molecular weight excluding hydrogens is 280 g/mol. The Morgan fingerprint density at radius 2 is 1.88 bits per heavy atom. The van der Waals surface area contributed by atoms with E-state index in [0.29, 0.717) is 26.5 Å². The van der Waals surface area contributed by atoms with Crippen LogP contribution in [-0.4, -0.2) is 12.1 Å². The minimum Gasteiger partial charge on any atom is -0.481 e. The summed E-state index contributed by atoms with van der Waals surface area (Å²) in [7, 11) is 1.54. The summed E-state index contributed by atoms with van der Waals surface area (Å²) in [5, 5.41) is 1.44. The van der Waals surface area contributed by atoms with E-state index in [9.17, 15) is 0 Å². The van der Waals surface area contributed by atoms with Crippen LogP contribution in [0, 0.1) is 0 Å². The second-order valence-electron chi connectivity index (χ2n) is 3.31. The summed E-state index contributed by atoms with van der Waals surface area (Å²) in [6, 6.07) is 7.11. The van der Waals surface area contributed by atoms with Crippen molar-refractivity contribution in [1.29, 1.82) is 0 Å². The zero-order valence-electron chi connectivity index (χ0n) is 8.88. The first-order valence-electron chi connectivity index (χ1n) is 4.77. The zero-order valence-corrected chi connectivity index (χ0v) is 11.1. The maximum Gasteiger partial charge on any atom is 0.221 e. The SMILES string of the molecule is COc1ncc(Cl)cc1-c1cccc(Cl)c1Cl. The van der Waals surface area contributed by atoms with Crippen molar-refractivity contribution >= 4 is 34.8 Å². The smallest absolute Gasteiger partial charge is 0.221 e. The molecule has 1 aromatic carbocycles. The first kappa shape index (κ1) is 12.5. The molecule has 2 rings (SSSR count). The van der Waals surface area contributed by atoms with Crippen LogP contribution in [0.2, 0.25) is 15.1 Å². The van der Waals surface area contributed by atoms with Gasteiger partial charge in [0.2, 0.25) is 5.88 Å². The van der Waals surface area contributed by atoms with Crippen molar-refractivity contribution in [2.45, 2.75) is 0 Å². The lowest BCUT2D eigenvalue weighted by atomic mass is 10.1. The maximum atomic E-state index is 6.15. The van der Waals surface area contributed by atoms with Gasteiger partial charge in [-0.1, -0.05) is 46.9 Å². The Hall–Kier alpha value is -0.960. The third-order valence-electron chi connectivity index (χ3n) is 2.25. The van der Waals surface area contributed by atoms with Crippen molar-refractivity contribution in [3.63, 3.8) is 0 Å². The van der Waals surface area contributed by atoms with Gasteiger partial charge in [-0.05, 0) is 12.1 Å². The largest absolute Gasteiger partial charge is 0.481 e. The number of methoxy groups -OCH3 is 1. The summed E-state index contributed by atoms with van der Waals surface area (Å²) in [6.07, 6.45) is 1.52.